The zero-order valence-electron chi connectivity index (χ0n) is 16.2. The number of nitrogens with one attached hydrogen (secondary N) is 1. The normalized spacial score (nSPS) is 11.0. The zero-order valence-corrected chi connectivity index (χ0v) is 16.2. The second-order valence-corrected chi connectivity index (χ2v) is 7.06. The van der Waals surface area contributed by atoms with Crippen molar-refractivity contribution >= 4 is 22.6 Å². The fraction of sp³-hybridized carbons (Fsp3) is 0.174. The van der Waals surface area contributed by atoms with E-state index in [9.17, 15) is 4.79 Å². The molecule has 2 heterocycles. The SMILES string of the molecule is Cc1cc(NC(=O)Cc2ccccc2)n(-c2cc(C)c3cccc(C)c3n2)n1. The van der Waals surface area contributed by atoms with E-state index in [2.05, 4.69) is 36.4 Å². The summed E-state index contributed by atoms with van der Waals surface area (Å²) < 4.78 is 1.71. The van der Waals surface area contributed by atoms with Crippen molar-refractivity contribution < 1.29 is 4.79 Å². The van der Waals surface area contributed by atoms with E-state index in [0.717, 1.165) is 33.3 Å². The number of fused-ring (bicyclic) bond motifs is 1. The molecule has 0 bridgehead atoms. The number of hydrogen-bond acceptors (Lipinski definition) is 3. The van der Waals surface area contributed by atoms with Crippen LogP contribution in [-0.2, 0) is 11.2 Å². The molecule has 140 valence electrons. The third kappa shape index (κ3) is 3.51. The van der Waals surface area contributed by atoms with Gasteiger partial charge in [0.2, 0.25) is 5.91 Å². The molecule has 0 radical (unpaired) electrons. The lowest BCUT2D eigenvalue weighted by atomic mass is 10.1. The molecule has 5 heteroatoms. The van der Waals surface area contributed by atoms with Crippen LogP contribution in [0.1, 0.15) is 22.4 Å². The molecule has 28 heavy (non-hydrogen) atoms. The fourth-order valence-electron chi connectivity index (χ4n) is 3.38. The number of carbonyl (C=O) groups is 1. The van der Waals surface area contributed by atoms with Crippen molar-refractivity contribution in [3.8, 4) is 5.82 Å². The second kappa shape index (κ2) is 7.27. The summed E-state index contributed by atoms with van der Waals surface area (Å²) in [6.07, 6.45) is 0.314. The number of aryl methyl sites for hydroxylation is 3. The highest BCUT2D eigenvalue weighted by molar-refractivity contribution is 5.92. The summed E-state index contributed by atoms with van der Waals surface area (Å²) in [5.41, 5.74) is 4.98. The minimum Gasteiger partial charge on any atom is -0.310 e. The van der Waals surface area contributed by atoms with Crippen molar-refractivity contribution in [2.45, 2.75) is 27.2 Å². The molecule has 1 N–H and O–H groups in total. The van der Waals surface area contributed by atoms with Crippen LogP contribution in [0.15, 0.2) is 60.7 Å². The third-order valence-electron chi connectivity index (χ3n) is 4.76. The van der Waals surface area contributed by atoms with Gasteiger partial charge in [-0.3, -0.25) is 4.79 Å². The van der Waals surface area contributed by atoms with Gasteiger partial charge in [-0.25, -0.2) is 4.98 Å². The Hall–Kier alpha value is -3.47. The number of para-hydroxylation sites is 1. The molecule has 4 aromatic rings. The largest absolute Gasteiger partial charge is 0.310 e. The molecule has 0 aliphatic rings. The summed E-state index contributed by atoms with van der Waals surface area (Å²) >= 11 is 0. The van der Waals surface area contributed by atoms with E-state index in [-0.39, 0.29) is 5.91 Å². The Labute approximate surface area is 164 Å². The van der Waals surface area contributed by atoms with E-state index in [1.807, 2.05) is 55.5 Å². The molecule has 5 nitrogen and oxygen atoms in total. The number of carbonyl (C=O) groups excluding carboxylic acids is 1. The van der Waals surface area contributed by atoms with Crippen molar-refractivity contribution in [1.29, 1.82) is 0 Å². The maximum absolute atomic E-state index is 12.5. The first kappa shape index (κ1) is 17.9. The maximum atomic E-state index is 12.5. The Morgan fingerprint density at radius 3 is 2.54 bits per heavy atom. The molecule has 0 spiro atoms. The Bertz CT molecular complexity index is 1160. The molecule has 2 aromatic heterocycles. The van der Waals surface area contributed by atoms with Gasteiger partial charge < -0.3 is 5.32 Å². The van der Waals surface area contributed by atoms with Crippen LogP contribution in [-0.4, -0.2) is 20.7 Å². The molecule has 0 fully saturated rings. The molecule has 0 saturated carbocycles. The monoisotopic (exact) mass is 370 g/mol. The van der Waals surface area contributed by atoms with E-state index < -0.39 is 0 Å². The molecular formula is C23H22N4O. The van der Waals surface area contributed by atoms with Gasteiger partial charge in [0, 0.05) is 11.5 Å². The van der Waals surface area contributed by atoms with Gasteiger partial charge >= 0.3 is 0 Å². The van der Waals surface area contributed by atoms with E-state index in [1.54, 1.807) is 4.68 Å². The van der Waals surface area contributed by atoms with Crippen LogP contribution < -0.4 is 5.32 Å². The van der Waals surface area contributed by atoms with Crippen LogP contribution in [0.3, 0.4) is 0 Å². The Balaban J connectivity index is 1.69. The first-order chi connectivity index (χ1) is 13.5. The van der Waals surface area contributed by atoms with Gasteiger partial charge in [-0.1, -0.05) is 48.5 Å². The topological polar surface area (TPSA) is 59.8 Å². The van der Waals surface area contributed by atoms with Crippen LogP contribution in [0.25, 0.3) is 16.7 Å². The number of hydrogen-bond donors (Lipinski definition) is 1. The average Bonchev–Trinajstić information content (AvgIpc) is 3.03. The summed E-state index contributed by atoms with van der Waals surface area (Å²) in [6.45, 7) is 6.02. The predicted octanol–water partition coefficient (Wildman–Crippen LogP) is 4.53. The molecular weight excluding hydrogens is 348 g/mol. The van der Waals surface area contributed by atoms with Crippen molar-refractivity contribution in [1.82, 2.24) is 14.8 Å². The average molecular weight is 370 g/mol. The molecule has 1 amide bonds. The first-order valence-corrected chi connectivity index (χ1v) is 9.29. The number of benzene rings is 2. The van der Waals surface area contributed by atoms with Gasteiger partial charge in [-0.2, -0.15) is 9.78 Å². The lowest BCUT2D eigenvalue weighted by Crippen LogP contribution is -2.17. The summed E-state index contributed by atoms with van der Waals surface area (Å²) in [5.74, 6) is 1.24. The summed E-state index contributed by atoms with van der Waals surface area (Å²) in [7, 11) is 0. The number of aromatic nitrogens is 3. The van der Waals surface area contributed by atoms with Crippen LogP contribution in [0.5, 0.6) is 0 Å². The zero-order chi connectivity index (χ0) is 19.7. The highest BCUT2D eigenvalue weighted by Gasteiger charge is 2.14. The smallest absolute Gasteiger partial charge is 0.229 e. The maximum Gasteiger partial charge on any atom is 0.229 e. The summed E-state index contributed by atoms with van der Waals surface area (Å²) in [4.78, 5) is 17.4. The van der Waals surface area contributed by atoms with Gasteiger partial charge in [0.05, 0.1) is 17.6 Å². The number of rotatable bonds is 4. The Kier molecular flexibility index (Phi) is 4.65. The molecule has 2 aromatic carbocycles. The lowest BCUT2D eigenvalue weighted by Gasteiger charge is -2.11. The van der Waals surface area contributed by atoms with Gasteiger partial charge in [-0.15, -0.1) is 0 Å². The van der Waals surface area contributed by atoms with Crippen LogP contribution in [0, 0.1) is 20.8 Å². The van der Waals surface area contributed by atoms with E-state index in [4.69, 9.17) is 4.98 Å². The summed E-state index contributed by atoms with van der Waals surface area (Å²) in [6, 6.07) is 19.7. The van der Waals surface area contributed by atoms with Crippen molar-refractivity contribution in [2.75, 3.05) is 5.32 Å². The molecule has 0 atom stereocenters. The quantitative estimate of drug-likeness (QED) is 0.574. The Morgan fingerprint density at radius 1 is 0.964 bits per heavy atom. The van der Waals surface area contributed by atoms with Crippen molar-refractivity contribution in [3.05, 3.63) is 83.0 Å². The van der Waals surface area contributed by atoms with Gasteiger partial charge in [0.15, 0.2) is 5.82 Å². The van der Waals surface area contributed by atoms with Crippen LogP contribution in [0.4, 0.5) is 5.82 Å². The Morgan fingerprint density at radius 2 is 1.75 bits per heavy atom. The lowest BCUT2D eigenvalue weighted by molar-refractivity contribution is -0.115. The van der Waals surface area contributed by atoms with Crippen LogP contribution >= 0.6 is 0 Å². The van der Waals surface area contributed by atoms with Crippen molar-refractivity contribution in [2.24, 2.45) is 0 Å². The third-order valence-corrected chi connectivity index (χ3v) is 4.76. The van der Waals surface area contributed by atoms with Gasteiger partial charge in [0.25, 0.3) is 0 Å². The fourth-order valence-corrected chi connectivity index (χ4v) is 3.38. The number of anilines is 1. The minimum absolute atomic E-state index is 0.0824. The van der Waals surface area contributed by atoms with E-state index in [1.165, 1.54) is 0 Å². The highest BCUT2D eigenvalue weighted by atomic mass is 16.1. The van der Waals surface area contributed by atoms with Gasteiger partial charge in [0.1, 0.15) is 5.82 Å². The number of pyridine rings is 1. The minimum atomic E-state index is -0.0824. The standard InChI is InChI=1S/C23H22N4O/c1-15-8-7-11-19-16(2)12-20(25-23(15)19)27-21(13-17(3)26-27)24-22(28)14-18-9-5-4-6-10-18/h4-13H,14H2,1-3H3,(H,24,28). The van der Waals surface area contributed by atoms with E-state index in [0.29, 0.717) is 18.1 Å². The molecule has 0 aliphatic carbocycles. The molecule has 0 saturated heterocycles. The second-order valence-electron chi connectivity index (χ2n) is 7.06. The van der Waals surface area contributed by atoms with E-state index >= 15 is 0 Å². The number of nitrogens with zero attached hydrogens (tertiary/aromatic N) is 3. The van der Waals surface area contributed by atoms with Gasteiger partial charge in [-0.05, 0) is 43.5 Å². The predicted molar refractivity (Wildman–Crippen MR) is 112 cm³/mol. The van der Waals surface area contributed by atoms with Crippen LogP contribution in [0.2, 0.25) is 0 Å². The van der Waals surface area contributed by atoms with Crippen molar-refractivity contribution in [3.63, 3.8) is 0 Å². The number of amides is 1. The molecule has 0 unspecified atom stereocenters. The first-order valence-electron chi connectivity index (χ1n) is 9.29. The summed E-state index contributed by atoms with van der Waals surface area (Å²) in [5, 5.41) is 8.67. The highest BCUT2D eigenvalue weighted by Crippen LogP contribution is 2.24. The molecule has 4 rings (SSSR count). The molecule has 0 aliphatic heterocycles.